The molecule has 0 saturated carbocycles. The number of halogens is 3. The minimum atomic E-state index is -0.932. The number of hydrogen-bond acceptors (Lipinski definition) is 3. The minimum Gasteiger partial charge on any atom is -0.351 e. The molecule has 1 aliphatic rings. The van der Waals surface area contributed by atoms with Crippen molar-refractivity contribution in [2.75, 3.05) is 13.1 Å². The Morgan fingerprint density at radius 3 is 2.79 bits per heavy atom. The van der Waals surface area contributed by atoms with Gasteiger partial charge in [0.1, 0.15) is 0 Å². The van der Waals surface area contributed by atoms with Crippen LogP contribution in [0.2, 0.25) is 0 Å². The molecule has 0 atom stereocenters. The molecule has 1 aromatic carbocycles. The van der Waals surface area contributed by atoms with Crippen LogP contribution in [0, 0.1) is 11.6 Å². The van der Waals surface area contributed by atoms with Crippen LogP contribution in [0.1, 0.15) is 34.6 Å². The zero-order valence-electron chi connectivity index (χ0n) is 13.0. The number of fused-ring (bicyclic) bond motifs is 1. The topological polar surface area (TPSA) is 72.9 Å². The van der Waals surface area contributed by atoms with E-state index in [0.29, 0.717) is 30.9 Å². The monoisotopic (exact) mass is 356 g/mol. The van der Waals surface area contributed by atoms with Gasteiger partial charge in [-0.25, -0.2) is 13.5 Å². The van der Waals surface area contributed by atoms with Gasteiger partial charge in [0.25, 0.3) is 5.91 Å². The van der Waals surface area contributed by atoms with Crippen molar-refractivity contribution < 1.29 is 13.6 Å². The normalized spacial score (nSPS) is 12.6. The fourth-order valence-electron chi connectivity index (χ4n) is 2.84. The lowest BCUT2D eigenvalue weighted by molar-refractivity contribution is 0.0947. The van der Waals surface area contributed by atoms with Crippen LogP contribution >= 0.6 is 12.4 Å². The molecule has 0 unspecified atom stereocenters. The molecule has 0 radical (unpaired) electrons. The Balaban J connectivity index is 0.00000208. The molecule has 1 aliphatic carbocycles. The Morgan fingerprint density at radius 1 is 1.29 bits per heavy atom. The van der Waals surface area contributed by atoms with Gasteiger partial charge in [-0.3, -0.25) is 4.79 Å². The third-order valence-electron chi connectivity index (χ3n) is 3.96. The number of nitrogens with one attached hydrogen (secondary N) is 1. The molecule has 0 fully saturated rings. The van der Waals surface area contributed by atoms with Gasteiger partial charge in [0.15, 0.2) is 17.3 Å². The molecular weight excluding hydrogens is 338 g/mol. The van der Waals surface area contributed by atoms with E-state index in [1.165, 1.54) is 6.07 Å². The van der Waals surface area contributed by atoms with Gasteiger partial charge in [0.2, 0.25) is 0 Å². The number of hydrogen-bond donors (Lipinski definition) is 2. The SMILES string of the molecule is Cl.NCCCNC(=O)c1nn(-c2ccc(F)c(F)c2)c2c1CCC2. The van der Waals surface area contributed by atoms with Crippen molar-refractivity contribution in [1.82, 2.24) is 15.1 Å². The second-order valence-electron chi connectivity index (χ2n) is 5.54. The van der Waals surface area contributed by atoms with Crippen LogP contribution in [0.5, 0.6) is 0 Å². The number of aromatic nitrogens is 2. The van der Waals surface area contributed by atoms with Gasteiger partial charge in [0.05, 0.1) is 5.69 Å². The van der Waals surface area contributed by atoms with Gasteiger partial charge >= 0.3 is 0 Å². The summed E-state index contributed by atoms with van der Waals surface area (Å²) in [6.45, 7) is 0.990. The zero-order valence-corrected chi connectivity index (χ0v) is 13.8. The highest BCUT2D eigenvalue weighted by Gasteiger charge is 2.27. The Hall–Kier alpha value is -1.99. The lowest BCUT2D eigenvalue weighted by atomic mass is 10.2. The maximum Gasteiger partial charge on any atom is 0.272 e. The first-order valence-corrected chi connectivity index (χ1v) is 7.66. The Bertz CT molecular complexity index is 748. The van der Waals surface area contributed by atoms with Crippen molar-refractivity contribution in [1.29, 1.82) is 0 Å². The smallest absolute Gasteiger partial charge is 0.272 e. The molecule has 1 heterocycles. The van der Waals surface area contributed by atoms with Crippen LogP contribution in [-0.2, 0) is 12.8 Å². The summed E-state index contributed by atoms with van der Waals surface area (Å²) in [5.41, 5.74) is 7.97. The average molecular weight is 357 g/mol. The predicted octanol–water partition coefficient (Wildman–Crippen LogP) is 2.14. The molecule has 130 valence electrons. The predicted molar refractivity (Wildman–Crippen MR) is 88.8 cm³/mol. The third kappa shape index (κ3) is 3.42. The van der Waals surface area contributed by atoms with E-state index >= 15 is 0 Å². The molecule has 1 aromatic heterocycles. The van der Waals surface area contributed by atoms with E-state index in [1.807, 2.05) is 0 Å². The van der Waals surface area contributed by atoms with E-state index in [2.05, 4.69) is 10.4 Å². The molecule has 3 rings (SSSR count). The average Bonchev–Trinajstić information content (AvgIpc) is 3.12. The van der Waals surface area contributed by atoms with Crippen molar-refractivity contribution in [2.45, 2.75) is 25.7 Å². The van der Waals surface area contributed by atoms with Crippen LogP contribution in [0.4, 0.5) is 8.78 Å². The van der Waals surface area contributed by atoms with Gasteiger partial charge in [-0.15, -0.1) is 12.4 Å². The summed E-state index contributed by atoms with van der Waals surface area (Å²) in [5.74, 6) is -2.09. The van der Waals surface area contributed by atoms with E-state index in [-0.39, 0.29) is 18.3 Å². The van der Waals surface area contributed by atoms with Crippen molar-refractivity contribution in [3.63, 3.8) is 0 Å². The van der Waals surface area contributed by atoms with Crippen molar-refractivity contribution in [2.24, 2.45) is 5.73 Å². The number of nitrogens with two attached hydrogens (primary N) is 1. The summed E-state index contributed by atoms with van der Waals surface area (Å²) in [4.78, 5) is 12.3. The van der Waals surface area contributed by atoms with Crippen LogP contribution in [0.3, 0.4) is 0 Å². The highest BCUT2D eigenvalue weighted by atomic mass is 35.5. The van der Waals surface area contributed by atoms with Gasteiger partial charge < -0.3 is 11.1 Å². The molecule has 0 saturated heterocycles. The Kier molecular flexibility index (Phi) is 5.90. The summed E-state index contributed by atoms with van der Waals surface area (Å²) in [5, 5.41) is 7.12. The van der Waals surface area contributed by atoms with Crippen molar-refractivity contribution in [3.05, 3.63) is 46.8 Å². The largest absolute Gasteiger partial charge is 0.351 e. The standard InChI is InChI=1S/C16H18F2N4O.ClH/c17-12-6-5-10(9-13(12)18)22-14-4-1-3-11(14)15(21-22)16(23)20-8-2-7-19;/h5-6,9H,1-4,7-8,19H2,(H,20,23);1H. The van der Waals surface area contributed by atoms with Gasteiger partial charge in [-0.2, -0.15) is 5.10 Å². The number of rotatable bonds is 5. The van der Waals surface area contributed by atoms with Crippen LogP contribution < -0.4 is 11.1 Å². The third-order valence-corrected chi connectivity index (χ3v) is 3.96. The molecule has 1 amide bonds. The fraction of sp³-hybridized carbons (Fsp3) is 0.375. The number of amides is 1. The number of benzene rings is 1. The second-order valence-corrected chi connectivity index (χ2v) is 5.54. The number of nitrogens with zero attached hydrogens (tertiary/aromatic N) is 2. The molecule has 0 aliphatic heterocycles. The lowest BCUT2D eigenvalue weighted by Gasteiger charge is -2.06. The molecule has 5 nitrogen and oxygen atoms in total. The van der Waals surface area contributed by atoms with Gasteiger partial charge in [-0.05, 0) is 44.4 Å². The molecule has 3 N–H and O–H groups in total. The fourth-order valence-corrected chi connectivity index (χ4v) is 2.84. The minimum absolute atomic E-state index is 0. The summed E-state index contributed by atoms with van der Waals surface area (Å²) in [6.07, 6.45) is 3.13. The quantitative estimate of drug-likeness (QED) is 0.806. The van der Waals surface area contributed by atoms with Gasteiger partial charge in [0, 0.05) is 23.9 Å². The Morgan fingerprint density at radius 2 is 2.08 bits per heavy atom. The first-order valence-electron chi connectivity index (χ1n) is 7.66. The molecule has 0 bridgehead atoms. The van der Waals surface area contributed by atoms with E-state index < -0.39 is 11.6 Å². The first-order chi connectivity index (χ1) is 11.1. The molecule has 2 aromatic rings. The maximum absolute atomic E-state index is 13.5. The zero-order chi connectivity index (χ0) is 16.4. The molecule has 24 heavy (non-hydrogen) atoms. The highest BCUT2D eigenvalue weighted by molar-refractivity contribution is 5.94. The second kappa shape index (κ2) is 7.72. The van der Waals surface area contributed by atoms with E-state index in [1.54, 1.807) is 4.68 Å². The number of carbonyl (C=O) groups is 1. The first kappa shape index (κ1) is 18.4. The van der Waals surface area contributed by atoms with Crippen molar-refractivity contribution >= 4 is 18.3 Å². The lowest BCUT2D eigenvalue weighted by Crippen LogP contribution is -2.27. The molecule has 8 heteroatoms. The van der Waals surface area contributed by atoms with Crippen LogP contribution in [-0.4, -0.2) is 28.8 Å². The Labute approximate surface area is 144 Å². The highest BCUT2D eigenvalue weighted by Crippen LogP contribution is 2.28. The van der Waals surface area contributed by atoms with E-state index in [9.17, 15) is 13.6 Å². The van der Waals surface area contributed by atoms with Crippen LogP contribution in [0.25, 0.3) is 5.69 Å². The number of carbonyl (C=O) groups excluding carboxylic acids is 1. The van der Waals surface area contributed by atoms with Crippen LogP contribution in [0.15, 0.2) is 18.2 Å². The van der Waals surface area contributed by atoms with Gasteiger partial charge in [-0.1, -0.05) is 0 Å². The summed E-state index contributed by atoms with van der Waals surface area (Å²) in [6, 6.07) is 3.62. The molecule has 0 spiro atoms. The summed E-state index contributed by atoms with van der Waals surface area (Å²) >= 11 is 0. The van der Waals surface area contributed by atoms with E-state index in [0.717, 1.165) is 42.7 Å². The maximum atomic E-state index is 13.5. The van der Waals surface area contributed by atoms with Crippen molar-refractivity contribution in [3.8, 4) is 5.69 Å². The van der Waals surface area contributed by atoms with E-state index in [4.69, 9.17) is 5.73 Å². The summed E-state index contributed by atoms with van der Waals surface area (Å²) in [7, 11) is 0. The summed E-state index contributed by atoms with van der Waals surface area (Å²) < 4.78 is 28.1. The molecular formula is C16H19ClF2N4O.